The molecule has 1 N–H and O–H groups in total. The number of methoxy groups -OCH3 is 2. The molecular weight excluding hydrogens is 494 g/mol. The van der Waals surface area contributed by atoms with Crippen molar-refractivity contribution in [3.8, 4) is 11.5 Å². The summed E-state index contributed by atoms with van der Waals surface area (Å²) in [5, 5.41) is 11.5. The smallest absolute Gasteiger partial charge is 0.249 e. The van der Waals surface area contributed by atoms with Crippen molar-refractivity contribution in [1.82, 2.24) is 20.3 Å². The second-order valence-electron chi connectivity index (χ2n) is 10.5. The molecule has 39 heavy (non-hydrogen) atoms. The van der Waals surface area contributed by atoms with E-state index in [4.69, 9.17) is 9.47 Å². The highest BCUT2D eigenvalue weighted by atomic mass is 16.5. The van der Waals surface area contributed by atoms with E-state index in [2.05, 4.69) is 15.6 Å². The van der Waals surface area contributed by atoms with Crippen LogP contribution in [0.3, 0.4) is 0 Å². The van der Waals surface area contributed by atoms with E-state index in [-0.39, 0.29) is 18.4 Å². The number of nitrogens with one attached hydrogen (secondary N) is 1. The van der Waals surface area contributed by atoms with Crippen molar-refractivity contribution < 1.29 is 19.1 Å². The standard InChI is InChI=1S/C30H35N5O4/c1-19-15-16-21(17-20(19)2)35(26(36)18-34-24-13-9-8-12-23(24)32-33-34)27(29(37)31-30(3,4)5)22-11-10-14-25(38-6)28(22)39-7/h8-17,27H,18H2,1-7H3,(H,31,37). The summed E-state index contributed by atoms with van der Waals surface area (Å²) in [7, 11) is 3.05. The molecule has 1 atom stereocenters. The zero-order valence-electron chi connectivity index (χ0n) is 23.5. The summed E-state index contributed by atoms with van der Waals surface area (Å²) in [6.45, 7) is 9.54. The van der Waals surface area contributed by atoms with Crippen molar-refractivity contribution in [2.24, 2.45) is 0 Å². The van der Waals surface area contributed by atoms with Crippen LogP contribution in [0, 0.1) is 13.8 Å². The average molecular weight is 530 g/mol. The Labute approximate surface area is 228 Å². The third-order valence-corrected chi connectivity index (χ3v) is 6.48. The molecule has 4 aromatic rings. The minimum atomic E-state index is -1.07. The Bertz CT molecular complexity index is 1510. The fourth-order valence-corrected chi connectivity index (χ4v) is 4.51. The highest BCUT2D eigenvalue weighted by Gasteiger charge is 2.37. The molecule has 0 bridgehead atoms. The van der Waals surface area contributed by atoms with E-state index < -0.39 is 11.6 Å². The first-order valence-corrected chi connectivity index (χ1v) is 12.7. The molecule has 1 aromatic heterocycles. The molecular formula is C30H35N5O4. The summed E-state index contributed by atoms with van der Waals surface area (Å²) in [5.41, 5.74) is 3.98. The van der Waals surface area contributed by atoms with Crippen LogP contribution in [0.5, 0.6) is 11.5 Å². The van der Waals surface area contributed by atoms with Crippen molar-refractivity contribution in [1.29, 1.82) is 0 Å². The number of benzene rings is 3. The molecule has 0 spiro atoms. The third kappa shape index (κ3) is 5.87. The number of ether oxygens (including phenoxy) is 2. The molecule has 0 aliphatic rings. The van der Waals surface area contributed by atoms with E-state index >= 15 is 0 Å². The van der Waals surface area contributed by atoms with Gasteiger partial charge in [-0.2, -0.15) is 0 Å². The van der Waals surface area contributed by atoms with Gasteiger partial charge in [-0.1, -0.05) is 35.5 Å². The molecule has 9 nitrogen and oxygen atoms in total. The van der Waals surface area contributed by atoms with Crippen molar-refractivity contribution in [2.75, 3.05) is 19.1 Å². The van der Waals surface area contributed by atoms with E-state index in [1.165, 1.54) is 19.1 Å². The minimum Gasteiger partial charge on any atom is -0.493 e. The second kappa shape index (κ2) is 11.1. The number of fused-ring (bicyclic) bond motifs is 1. The van der Waals surface area contributed by atoms with Crippen LogP contribution >= 0.6 is 0 Å². The van der Waals surface area contributed by atoms with Gasteiger partial charge in [0.2, 0.25) is 11.8 Å². The number of rotatable bonds is 8. The van der Waals surface area contributed by atoms with Crippen LogP contribution in [0.4, 0.5) is 5.69 Å². The molecule has 3 aromatic carbocycles. The Hall–Kier alpha value is -4.40. The quantitative estimate of drug-likeness (QED) is 0.354. The van der Waals surface area contributed by atoms with Gasteiger partial charge in [0.05, 0.1) is 19.7 Å². The van der Waals surface area contributed by atoms with Gasteiger partial charge in [-0.05, 0) is 76.1 Å². The Balaban J connectivity index is 1.92. The highest BCUT2D eigenvalue weighted by molar-refractivity contribution is 6.02. The molecule has 1 heterocycles. The van der Waals surface area contributed by atoms with Gasteiger partial charge in [-0.3, -0.25) is 14.5 Å². The molecule has 2 amide bonds. The SMILES string of the molecule is COc1cccc(C(C(=O)NC(C)(C)C)N(C(=O)Cn2nnc3ccccc32)c2ccc(C)c(C)c2)c1OC. The lowest BCUT2D eigenvalue weighted by Crippen LogP contribution is -2.50. The van der Waals surface area contributed by atoms with Crippen molar-refractivity contribution in [3.63, 3.8) is 0 Å². The van der Waals surface area contributed by atoms with Crippen molar-refractivity contribution in [2.45, 2.75) is 52.7 Å². The molecule has 0 fully saturated rings. The van der Waals surface area contributed by atoms with E-state index in [0.29, 0.717) is 28.3 Å². The summed E-state index contributed by atoms with van der Waals surface area (Å²) >= 11 is 0. The van der Waals surface area contributed by atoms with Gasteiger partial charge in [0.25, 0.3) is 0 Å². The maximum atomic E-state index is 14.3. The Morgan fingerprint density at radius 3 is 2.38 bits per heavy atom. The Morgan fingerprint density at radius 2 is 1.72 bits per heavy atom. The van der Waals surface area contributed by atoms with Gasteiger partial charge >= 0.3 is 0 Å². The van der Waals surface area contributed by atoms with Gasteiger partial charge in [-0.25, -0.2) is 4.68 Å². The van der Waals surface area contributed by atoms with Gasteiger partial charge in [0, 0.05) is 16.8 Å². The molecule has 0 aliphatic carbocycles. The number of nitrogens with zero attached hydrogens (tertiary/aromatic N) is 4. The van der Waals surface area contributed by atoms with Gasteiger partial charge < -0.3 is 14.8 Å². The predicted molar refractivity (Wildman–Crippen MR) is 151 cm³/mol. The summed E-state index contributed by atoms with van der Waals surface area (Å²) in [4.78, 5) is 29.9. The summed E-state index contributed by atoms with van der Waals surface area (Å²) in [5.74, 6) is 0.136. The first-order chi connectivity index (χ1) is 18.5. The third-order valence-electron chi connectivity index (χ3n) is 6.48. The largest absolute Gasteiger partial charge is 0.493 e. The van der Waals surface area contributed by atoms with Gasteiger partial charge in [-0.15, -0.1) is 5.10 Å². The fraction of sp³-hybridized carbons (Fsp3) is 0.333. The van der Waals surface area contributed by atoms with Crippen LogP contribution in [0.2, 0.25) is 0 Å². The van der Waals surface area contributed by atoms with Crippen LogP contribution in [-0.2, 0) is 16.1 Å². The van der Waals surface area contributed by atoms with Gasteiger partial charge in [0.15, 0.2) is 11.5 Å². The highest BCUT2D eigenvalue weighted by Crippen LogP contribution is 2.39. The number of aromatic nitrogens is 3. The van der Waals surface area contributed by atoms with Crippen molar-refractivity contribution >= 4 is 28.5 Å². The van der Waals surface area contributed by atoms with Crippen molar-refractivity contribution in [3.05, 3.63) is 77.4 Å². The Morgan fingerprint density at radius 1 is 0.974 bits per heavy atom. The summed E-state index contributed by atoms with van der Waals surface area (Å²) < 4.78 is 12.8. The van der Waals surface area contributed by atoms with E-state index in [1.807, 2.05) is 77.1 Å². The Kier molecular flexibility index (Phi) is 7.90. The maximum absolute atomic E-state index is 14.3. The number of para-hydroxylation sites is 2. The summed E-state index contributed by atoms with van der Waals surface area (Å²) in [6, 6.07) is 17.4. The average Bonchev–Trinajstić information content (AvgIpc) is 3.29. The molecule has 4 rings (SSSR count). The van der Waals surface area contributed by atoms with Crippen LogP contribution < -0.4 is 19.7 Å². The fourth-order valence-electron chi connectivity index (χ4n) is 4.51. The number of carbonyl (C=O) groups is 2. The number of carbonyl (C=O) groups excluding carboxylic acids is 2. The first kappa shape index (κ1) is 27.6. The second-order valence-corrected chi connectivity index (χ2v) is 10.5. The predicted octanol–water partition coefficient (Wildman–Crippen LogP) is 4.75. The van der Waals surface area contributed by atoms with Crippen LogP contribution in [0.25, 0.3) is 11.0 Å². The first-order valence-electron chi connectivity index (χ1n) is 12.7. The minimum absolute atomic E-state index is 0.126. The number of amides is 2. The molecule has 204 valence electrons. The molecule has 1 unspecified atom stereocenters. The molecule has 0 saturated carbocycles. The summed E-state index contributed by atoms with van der Waals surface area (Å²) in [6.07, 6.45) is 0. The monoisotopic (exact) mass is 529 g/mol. The lowest BCUT2D eigenvalue weighted by Gasteiger charge is -2.34. The topological polar surface area (TPSA) is 98.6 Å². The van der Waals surface area contributed by atoms with E-state index in [1.54, 1.807) is 22.9 Å². The van der Waals surface area contributed by atoms with Crippen LogP contribution in [0.1, 0.15) is 43.5 Å². The molecule has 9 heteroatoms. The number of aryl methyl sites for hydroxylation is 2. The van der Waals surface area contributed by atoms with E-state index in [9.17, 15) is 9.59 Å². The van der Waals surface area contributed by atoms with Crippen LogP contribution in [-0.4, -0.2) is 46.6 Å². The zero-order valence-corrected chi connectivity index (χ0v) is 23.5. The molecule has 0 radical (unpaired) electrons. The molecule has 0 aliphatic heterocycles. The normalized spacial score (nSPS) is 12.2. The van der Waals surface area contributed by atoms with Crippen LogP contribution in [0.15, 0.2) is 60.7 Å². The maximum Gasteiger partial charge on any atom is 0.249 e. The zero-order chi connectivity index (χ0) is 28.3. The lowest BCUT2D eigenvalue weighted by molar-refractivity contribution is -0.128. The lowest BCUT2D eigenvalue weighted by atomic mass is 9.98. The molecule has 0 saturated heterocycles. The van der Waals surface area contributed by atoms with E-state index in [0.717, 1.165) is 16.6 Å². The van der Waals surface area contributed by atoms with Gasteiger partial charge in [0.1, 0.15) is 18.1 Å². The number of hydrogen-bond donors (Lipinski definition) is 1. The number of anilines is 1. The number of hydrogen-bond acceptors (Lipinski definition) is 6.